The summed E-state index contributed by atoms with van der Waals surface area (Å²) in [6, 6.07) is 0.804. The van der Waals surface area contributed by atoms with Gasteiger partial charge in [-0.1, -0.05) is 33.6 Å². The Bertz CT molecular complexity index is 905. The number of sulfonamides is 1. The maximum absolute atomic E-state index is 13.3. The van der Waals surface area contributed by atoms with E-state index < -0.39 is 21.5 Å². The fourth-order valence-corrected chi connectivity index (χ4v) is 6.11. The highest BCUT2D eigenvalue weighted by Crippen LogP contribution is 2.38. The largest absolute Gasteiger partial charge is 0.346 e. The SMILES string of the molecule is CC(C)(C)C(NS(C)(=O)=O)C(=O)N1C[C@@H](CC2CC2)[C@H](NC(=O)c2cc(Br)cs2)C1. The Morgan fingerprint density at radius 2 is 1.97 bits per heavy atom. The summed E-state index contributed by atoms with van der Waals surface area (Å²) >= 11 is 4.75. The number of hydrogen-bond donors (Lipinski definition) is 2. The van der Waals surface area contributed by atoms with Crippen LogP contribution in [0, 0.1) is 17.3 Å². The van der Waals surface area contributed by atoms with Crippen molar-refractivity contribution in [3.63, 3.8) is 0 Å². The number of amides is 2. The molecule has 0 bridgehead atoms. The first-order chi connectivity index (χ1) is 13.8. The highest BCUT2D eigenvalue weighted by atomic mass is 79.9. The van der Waals surface area contributed by atoms with Crippen LogP contribution in [0.2, 0.25) is 0 Å². The van der Waals surface area contributed by atoms with Crippen molar-refractivity contribution in [3.8, 4) is 0 Å². The van der Waals surface area contributed by atoms with Crippen LogP contribution in [-0.2, 0) is 14.8 Å². The number of carbonyl (C=O) groups is 2. The van der Waals surface area contributed by atoms with Crippen LogP contribution < -0.4 is 10.0 Å². The summed E-state index contributed by atoms with van der Waals surface area (Å²) in [5.74, 6) is 0.470. The number of nitrogens with one attached hydrogen (secondary N) is 2. The summed E-state index contributed by atoms with van der Waals surface area (Å²) in [7, 11) is -3.54. The second-order valence-corrected chi connectivity index (χ2v) is 13.2. The molecule has 10 heteroatoms. The van der Waals surface area contributed by atoms with Gasteiger partial charge in [0.15, 0.2) is 0 Å². The average Bonchev–Trinajstić information content (AvgIpc) is 3.18. The predicted octanol–water partition coefficient (Wildman–Crippen LogP) is 2.83. The molecule has 1 saturated carbocycles. The lowest BCUT2D eigenvalue weighted by Crippen LogP contribution is -2.54. The average molecular weight is 521 g/mol. The van der Waals surface area contributed by atoms with Gasteiger partial charge >= 0.3 is 0 Å². The number of halogens is 1. The molecule has 1 aliphatic heterocycles. The number of thiophene rings is 1. The van der Waals surface area contributed by atoms with Gasteiger partial charge in [-0.25, -0.2) is 13.1 Å². The maximum atomic E-state index is 13.3. The lowest BCUT2D eigenvalue weighted by molar-refractivity contribution is -0.134. The molecule has 1 aromatic heterocycles. The zero-order valence-electron chi connectivity index (χ0n) is 17.8. The molecule has 2 heterocycles. The maximum Gasteiger partial charge on any atom is 0.261 e. The molecular formula is C20H30BrN3O4S2. The van der Waals surface area contributed by atoms with Crippen LogP contribution in [0.5, 0.6) is 0 Å². The highest BCUT2D eigenvalue weighted by Gasteiger charge is 2.43. The first kappa shape index (κ1) is 23.7. The minimum absolute atomic E-state index is 0.132. The van der Waals surface area contributed by atoms with E-state index in [2.05, 4.69) is 26.0 Å². The standard InChI is InChI=1S/C20H30BrN3O4S2/c1-20(2,3)17(23-30(4,27)28)19(26)24-9-13(7-12-5-6-12)15(10-24)22-18(25)16-8-14(21)11-29-16/h8,11-13,15,17,23H,5-7,9-10H2,1-4H3,(H,22,25)/t13-,15-,17?/m1/s1. The highest BCUT2D eigenvalue weighted by molar-refractivity contribution is 9.10. The van der Waals surface area contributed by atoms with Gasteiger partial charge in [0.05, 0.1) is 17.2 Å². The summed E-state index contributed by atoms with van der Waals surface area (Å²) in [6.45, 7) is 6.47. The van der Waals surface area contributed by atoms with Crippen molar-refractivity contribution >= 4 is 49.1 Å². The van der Waals surface area contributed by atoms with E-state index >= 15 is 0 Å². The van der Waals surface area contributed by atoms with Gasteiger partial charge in [0.1, 0.15) is 6.04 Å². The van der Waals surface area contributed by atoms with E-state index in [0.29, 0.717) is 23.9 Å². The summed E-state index contributed by atoms with van der Waals surface area (Å²) in [5.41, 5.74) is -0.573. The molecule has 168 valence electrons. The van der Waals surface area contributed by atoms with Gasteiger partial charge in [-0.3, -0.25) is 9.59 Å². The number of nitrogens with zero attached hydrogens (tertiary/aromatic N) is 1. The van der Waals surface area contributed by atoms with Crippen molar-refractivity contribution in [2.24, 2.45) is 17.3 Å². The zero-order chi connectivity index (χ0) is 22.3. The molecule has 0 aromatic carbocycles. The summed E-state index contributed by atoms with van der Waals surface area (Å²) < 4.78 is 27.1. The first-order valence-corrected chi connectivity index (χ1v) is 13.7. The molecule has 3 atom stereocenters. The predicted molar refractivity (Wildman–Crippen MR) is 122 cm³/mol. The van der Waals surface area contributed by atoms with E-state index in [1.54, 1.807) is 11.0 Å². The van der Waals surface area contributed by atoms with Crippen molar-refractivity contribution in [2.45, 2.75) is 52.1 Å². The number of rotatable bonds is 7. The zero-order valence-corrected chi connectivity index (χ0v) is 21.0. The van der Waals surface area contributed by atoms with Gasteiger partial charge in [0.25, 0.3) is 5.91 Å². The molecule has 1 saturated heterocycles. The molecule has 1 aromatic rings. The Morgan fingerprint density at radius 3 is 2.47 bits per heavy atom. The Labute approximate surface area is 191 Å². The van der Waals surface area contributed by atoms with Crippen LogP contribution in [0.25, 0.3) is 0 Å². The van der Waals surface area contributed by atoms with Gasteiger partial charge in [-0.15, -0.1) is 11.3 Å². The van der Waals surface area contributed by atoms with Crippen LogP contribution in [-0.4, -0.2) is 56.6 Å². The van der Waals surface area contributed by atoms with Crippen molar-refractivity contribution < 1.29 is 18.0 Å². The van der Waals surface area contributed by atoms with Crippen molar-refractivity contribution in [1.82, 2.24) is 14.9 Å². The molecule has 2 fully saturated rings. The molecule has 0 spiro atoms. The smallest absolute Gasteiger partial charge is 0.261 e. The number of carbonyl (C=O) groups excluding carboxylic acids is 2. The van der Waals surface area contributed by atoms with Crippen LogP contribution in [0.15, 0.2) is 15.9 Å². The van der Waals surface area contributed by atoms with Crippen LogP contribution in [0.3, 0.4) is 0 Å². The molecule has 30 heavy (non-hydrogen) atoms. The topological polar surface area (TPSA) is 95.6 Å². The second kappa shape index (κ2) is 8.88. The quantitative estimate of drug-likeness (QED) is 0.578. The lowest BCUT2D eigenvalue weighted by atomic mass is 9.86. The Hall–Kier alpha value is -0.970. The minimum Gasteiger partial charge on any atom is -0.346 e. The summed E-state index contributed by atoms with van der Waals surface area (Å²) in [4.78, 5) is 28.4. The summed E-state index contributed by atoms with van der Waals surface area (Å²) in [6.07, 6.45) is 4.44. The normalized spacial score (nSPS) is 23.4. The van der Waals surface area contributed by atoms with Gasteiger partial charge in [-0.2, -0.15) is 0 Å². The monoisotopic (exact) mass is 519 g/mol. The van der Waals surface area contributed by atoms with E-state index in [4.69, 9.17) is 0 Å². The third-order valence-electron chi connectivity index (χ3n) is 5.64. The molecule has 2 N–H and O–H groups in total. The summed E-state index contributed by atoms with van der Waals surface area (Å²) in [5, 5.41) is 4.99. The van der Waals surface area contributed by atoms with E-state index in [9.17, 15) is 18.0 Å². The van der Waals surface area contributed by atoms with Crippen LogP contribution in [0.1, 0.15) is 49.7 Å². The lowest BCUT2D eigenvalue weighted by Gasteiger charge is -2.33. The van der Waals surface area contributed by atoms with Gasteiger partial charge in [0.2, 0.25) is 15.9 Å². The molecule has 3 rings (SSSR count). The molecule has 0 radical (unpaired) electrons. The van der Waals surface area contributed by atoms with Gasteiger partial charge in [0, 0.05) is 22.9 Å². The third-order valence-corrected chi connectivity index (χ3v) is 7.99. The molecular weight excluding hydrogens is 490 g/mol. The molecule has 2 amide bonds. The van der Waals surface area contributed by atoms with E-state index in [0.717, 1.165) is 17.1 Å². The van der Waals surface area contributed by atoms with E-state index in [1.807, 2.05) is 26.2 Å². The molecule has 1 aliphatic carbocycles. The van der Waals surface area contributed by atoms with E-state index in [-0.39, 0.29) is 23.8 Å². The van der Waals surface area contributed by atoms with E-state index in [1.165, 1.54) is 24.2 Å². The van der Waals surface area contributed by atoms with Crippen molar-refractivity contribution in [1.29, 1.82) is 0 Å². The van der Waals surface area contributed by atoms with Gasteiger partial charge < -0.3 is 10.2 Å². The molecule has 7 nitrogen and oxygen atoms in total. The Kier molecular flexibility index (Phi) is 7.01. The Balaban J connectivity index is 1.75. The first-order valence-electron chi connectivity index (χ1n) is 10.1. The van der Waals surface area contributed by atoms with Crippen LogP contribution in [0.4, 0.5) is 0 Å². The van der Waals surface area contributed by atoms with Gasteiger partial charge in [-0.05, 0) is 45.7 Å². The second-order valence-electron chi connectivity index (χ2n) is 9.58. The van der Waals surface area contributed by atoms with Crippen LogP contribution >= 0.6 is 27.3 Å². The van der Waals surface area contributed by atoms with Crippen molar-refractivity contribution in [2.75, 3.05) is 19.3 Å². The fraction of sp³-hybridized carbons (Fsp3) is 0.700. The Morgan fingerprint density at radius 1 is 1.30 bits per heavy atom. The number of hydrogen-bond acceptors (Lipinski definition) is 5. The molecule has 2 aliphatic rings. The van der Waals surface area contributed by atoms with Crippen molar-refractivity contribution in [3.05, 3.63) is 20.8 Å². The minimum atomic E-state index is -3.54. The third kappa shape index (κ3) is 6.27. The fourth-order valence-electron chi connectivity index (χ4n) is 3.90. The molecule has 1 unspecified atom stereocenters. The number of likely N-dealkylation sites (tertiary alicyclic amines) is 1.